The van der Waals surface area contributed by atoms with Crippen molar-refractivity contribution >= 4 is 11.7 Å². The van der Waals surface area contributed by atoms with E-state index in [1.165, 1.54) is 12.8 Å². The standard InChI is InChI=1S/C16H25N3O/c1-4-17-14-6-5-12(11-18-14)15(20)19-13-7-9-16(2,3)10-8-13/h5-6,11,13H,4,7-10H2,1-3H3,(H,17,18)(H,19,20). The first-order chi connectivity index (χ1) is 9.50. The zero-order chi connectivity index (χ0) is 14.6. The summed E-state index contributed by atoms with van der Waals surface area (Å²) in [7, 11) is 0. The summed E-state index contributed by atoms with van der Waals surface area (Å²) in [6.07, 6.45) is 6.13. The highest BCUT2D eigenvalue weighted by atomic mass is 16.1. The highest BCUT2D eigenvalue weighted by molar-refractivity contribution is 5.94. The Bertz CT molecular complexity index is 443. The number of pyridine rings is 1. The second-order valence-electron chi connectivity index (χ2n) is 6.37. The summed E-state index contributed by atoms with van der Waals surface area (Å²) in [6, 6.07) is 3.99. The van der Waals surface area contributed by atoms with Crippen LogP contribution in [0.2, 0.25) is 0 Å². The minimum Gasteiger partial charge on any atom is -0.370 e. The van der Waals surface area contributed by atoms with Crippen molar-refractivity contribution in [3.63, 3.8) is 0 Å². The van der Waals surface area contributed by atoms with E-state index >= 15 is 0 Å². The topological polar surface area (TPSA) is 54.0 Å². The van der Waals surface area contributed by atoms with E-state index in [-0.39, 0.29) is 5.91 Å². The van der Waals surface area contributed by atoms with Gasteiger partial charge in [0.15, 0.2) is 0 Å². The Labute approximate surface area is 121 Å². The molecule has 0 aliphatic heterocycles. The molecular formula is C16H25N3O. The lowest BCUT2D eigenvalue weighted by atomic mass is 9.75. The maximum atomic E-state index is 12.2. The average molecular weight is 275 g/mol. The maximum Gasteiger partial charge on any atom is 0.253 e. The molecule has 110 valence electrons. The van der Waals surface area contributed by atoms with Crippen LogP contribution < -0.4 is 10.6 Å². The van der Waals surface area contributed by atoms with Crippen LogP contribution in [0.4, 0.5) is 5.82 Å². The molecule has 2 rings (SSSR count). The summed E-state index contributed by atoms with van der Waals surface area (Å²) in [5, 5.41) is 6.25. The fraction of sp³-hybridized carbons (Fsp3) is 0.625. The number of hydrogen-bond donors (Lipinski definition) is 2. The molecule has 0 spiro atoms. The van der Waals surface area contributed by atoms with Crippen LogP contribution in [0.1, 0.15) is 56.8 Å². The quantitative estimate of drug-likeness (QED) is 0.887. The molecule has 4 heteroatoms. The number of carbonyl (C=O) groups is 1. The van der Waals surface area contributed by atoms with Gasteiger partial charge in [-0.3, -0.25) is 4.79 Å². The Morgan fingerprint density at radius 3 is 2.60 bits per heavy atom. The third kappa shape index (κ3) is 3.95. The van der Waals surface area contributed by atoms with E-state index < -0.39 is 0 Å². The number of amides is 1. The molecule has 0 aromatic carbocycles. The zero-order valence-electron chi connectivity index (χ0n) is 12.7. The third-order valence-corrected chi connectivity index (χ3v) is 4.06. The third-order valence-electron chi connectivity index (χ3n) is 4.06. The van der Waals surface area contributed by atoms with Gasteiger partial charge in [0.05, 0.1) is 5.56 Å². The van der Waals surface area contributed by atoms with Gasteiger partial charge in [-0.2, -0.15) is 0 Å². The first-order valence-corrected chi connectivity index (χ1v) is 7.51. The van der Waals surface area contributed by atoms with Gasteiger partial charge < -0.3 is 10.6 Å². The fourth-order valence-corrected chi connectivity index (χ4v) is 2.63. The first kappa shape index (κ1) is 14.8. The average Bonchev–Trinajstić information content (AvgIpc) is 2.42. The van der Waals surface area contributed by atoms with Crippen molar-refractivity contribution in [3.05, 3.63) is 23.9 Å². The molecule has 1 fully saturated rings. The van der Waals surface area contributed by atoms with Crippen LogP contribution in [0.3, 0.4) is 0 Å². The molecule has 0 bridgehead atoms. The van der Waals surface area contributed by atoms with E-state index in [0.29, 0.717) is 17.0 Å². The van der Waals surface area contributed by atoms with Gasteiger partial charge in [-0.15, -0.1) is 0 Å². The van der Waals surface area contributed by atoms with Gasteiger partial charge in [-0.1, -0.05) is 13.8 Å². The molecule has 20 heavy (non-hydrogen) atoms. The molecule has 0 unspecified atom stereocenters. The van der Waals surface area contributed by atoms with Crippen molar-refractivity contribution in [3.8, 4) is 0 Å². The van der Waals surface area contributed by atoms with Gasteiger partial charge >= 0.3 is 0 Å². The summed E-state index contributed by atoms with van der Waals surface area (Å²) in [6.45, 7) is 7.45. The predicted octanol–water partition coefficient (Wildman–Crippen LogP) is 3.21. The molecule has 1 aliphatic carbocycles. The first-order valence-electron chi connectivity index (χ1n) is 7.51. The molecule has 0 radical (unpaired) electrons. The van der Waals surface area contributed by atoms with Crippen molar-refractivity contribution in [2.24, 2.45) is 5.41 Å². The second kappa shape index (κ2) is 6.25. The molecule has 1 aromatic heterocycles. The van der Waals surface area contributed by atoms with Crippen molar-refractivity contribution in [1.82, 2.24) is 10.3 Å². The van der Waals surface area contributed by atoms with E-state index in [2.05, 4.69) is 29.5 Å². The van der Waals surface area contributed by atoms with Crippen LogP contribution in [0.15, 0.2) is 18.3 Å². The number of hydrogen-bond acceptors (Lipinski definition) is 3. The van der Waals surface area contributed by atoms with E-state index in [1.807, 2.05) is 19.1 Å². The van der Waals surface area contributed by atoms with E-state index in [1.54, 1.807) is 6.20 Å². The highest BCUT2D eigenvalue weighted by Gasteiger charge is 2.27. The van der Waals surface area contributed by atoms with Gasteiger partial charge in [0, 0.05) is 18.8 Å². The van der Waals surface area contributed by atoms with Gasteiger partial charge in [0.25, 0.3) is 5.91 Å². The molecule has 1 amide bonds. The second-order valence-corrected chi connectivity index (χ2v) is 6.37. The van der Waals surface area contributed by atoms with Crippen LogP contribution in [0, 0.1) is 5.41 Å². The maximum absolute atomic E-state index is 12.2. The fourth-order valence-electron chi connectivity index (χ4n) is 2.63. The lowest BCUT2D eigenvalue weighted by Crippen LogP contribution is -2.39. The van der Waals surface area contributed by atoms with Crippen molar-refractivity contribution in [2.75, 3.05) is 11.9 Å². The summed E-state index contributed by atoms with van der Waals surface area (Å²) in [4.78, 5) is 16.4. The van der Waals surface area contributed by atoms with Crippen LogP contribution >= 0.6 is 0 Å². The van der Waals surface area contributed by atoms with Crippen LogP contribution in [-0.2, 0) is 0 Å². The number of carbonyl (C=O) groups excluding carboxylic acids is 1. The van der Waals surface area contributed by atoms with Crippen molar-refractivity contribution in [2.45, 2.75) is 52.5 Å². The number of nitrogens with zero attached hydrogens (tertiary/aromatic N) is 1. The lowest BCUT2D eigenvalue weighted by molar-refractivity contribution is 0.0908. The minimum absolute atomic E-state index is 0.00902. The number of aromatic nitrogens is 1. The van der Waals surface area contributed by atoms with E-state index in [9.17, 15) is 4.79 Å². The number of nitrogens with one attached hydrogen (secondary N) is 2. The molecule has 2 N–H and O–H groups in total. The van der Waals surface area contributed by atoms with Crippen molar-refractivity contribution < 1.29 is 4.79 Å². The molecule has 0 atom stereocenters. The Hall–Kier alpha value is -1.58. The monoisotopic (exact) mass is 275 g/mol. The number of anilines is 1. The SMILES string of the molecule is CCNc1ccc(C(=O)NC2CCC(C)(C)CC2)cn1. The molecule has 1 saturated carbocycles. The molecule has 4 nitrogen and oxygen atoms in total. The minimum atomic E-state index is -0.00902. The van der Waals surface area contributed by atoms with E-state index in [4.69, 9.17) is 0 Å². The van der Waals surface area contributed by atoms with Gasteiger partial charge in [0.2, 0.25) is 0 Å². The zero-order valence-corrected chi connectivity index (χ0v) is 12.7. The number of rotatable bonds is 4. The predicted molar refractivity (Wildman–Crippen MR) is 81.9 cm³/mol. The summed E-state index contributed by atoms with van der Waals surface area (Å²) in [5.74, 6) is 0.800. The van der Waals surface area contributed by atoms with Gasteiger partial charge in [0.1, 0.15) is 5.82 Å². The lowest BCUT2D eigenvalue weighted by Gasteiger charge is -2.34. The Balaban J connectivity index is 1.88. The summed E-state index contributed by atoms with van der Waals surface area (Å²) < 4.78 is 0. The van der Waals surface area contributed by atoms with Crippen molar-refractivity contribution in [1.29, 1.82) is 0 Å². The smallest absolute Gasteiger partial charge is 0.253 e. The Morgan fingerprint density at radius 1 is 1.35 bits per heavy atom. The van der Waals surface area contributed by atoms with E-state index in [0.717, 1.165) is 25.2 Å². The Morgan fingerprint density at radius 2 is 2.05 bits per heavy atom. The van der Waals surface area contributed by atoms with Crippen LogP contribution in [0.5, 0.6) is 0 Å². The van der Waals surface area contributed by atoms with Crippen LogP contribution in [-0.4, -0.2) is 23.5 Å². The normalized spacial score (nSPS) is 18.6. The molecule has 1 aromatic rings. The molecule has 1 heterocycles. The summed E-state index contributed by atoms with van der Waals surface area (Å²) in [5.41, 5.74) is 1.06. The van der Waals surface area contributed by atoms with Gasteiger partial charge in [-0.25, -0.2) is 4.98 Å². The van der Waals surface area contributed by atoms with Gasteiger partial charge in [-0.05, 0) is 50.2 Å². The van der Waals surface area contributed by atoms with Crippen LogP contribution in [0.25, 0.3) is 0 Å². The molecule has 0 saturated heterocycles. The summed E-state index contributed by atoms with van der Waals surface area (Å²) >= 11 is 0. The largest absolute Gasteiger partial charge is 0.370 e. The molecular weight excluding hydrogens is 250 g/mol. The highest BCUT2D eigenvalue weighted by Crippen LogP contribution is 2.35. The molecule has 1 aliphatic rings. The Kier molecular flexibility index (Phi) is 4.63.